The number of hydrogen-bond acceptors (Lipinski definition) is 4. The minimum atomic E-state index is -2.52. The molecule has 1 heterocycles. The third-order valence-electron chi connectivity index (χ3n) is 3.77. The van der Waals surface area contributed by atoms with E-state index < -0.39 is 35.0 Å². The van der Waals surface area contributed by atoms with Gasteiger partial charge in [-0.2, -0.15) is 0 Å². The number of rotatable bonds is 4. The van der Waals surface area contributed by atoms with Crippen molar-refractivity contribution in [1.29, 1.82) is 0 Å². The molecule has 0 aromatic carbocycles. The third kappa shape index (κ3) is 4.13. The smallest absolute Gasteiger partial charge is 0.362 e. The SMILES string of the molecule is C=C[Si]1(C)O[Si](C)O[Si](C)(C=C)O[Si](C(C)C)(C(C)C)O1. The molecule has 1 aliphatic heterocycles. The summed E-state index contributed by atoms with van der Waals surface area (Å²) in [5.74, 6) is 0. The molecule has 0 amide bonds. The average Bonchev–Trinajstić information content (AvgIpc) is 2.35. The summed E-state index contributed by atoms with van der Waals surface area (Å²) in [6, 6.07) is 0. The molecule has 2 atom stereocenters. The molecule has 1 fully saturated rings. The lowest BCUT2D eigenvalue weighted by Gasteiger charge is -2.49. The Kier molecular flexibility index (Phi) is 6.18. The van der Waals surface area contributed by atoms with Crippen LogP contribution in [0.3, 0.4) is 0 Å². The van der Waals surface area contributed by atoms with Gasteiger partial charge in [0.1, 0.15) is 0 Å². The van der Waals surface area contributed by atoms with Crippen LogP contribution in [0.4, 0.5) is 0 Å². The fourth-order valence-electron chi connectivity index (χ4n) is 2.59. The van der Waals surface area contributed by atoms with Gasteiger partial charge in [-0.15, -0.1) is 13.2 Å². The van der Waals surface area contributed by atoms with E-state index in [2.05, 4.69) is 40.9 Å². The lowest BCUT2D eigenvalue weighted by molar-refractivity contribution is 0.236. The van der Waals surface area contributed by atoms with E-state index in [-0.39, 0.29) is 0 Å². The van der Waals surface area contributed by atoms with E-state index >= 15 is 0 Å². The topological polar surface area (TPSA) is 36.9 Å². The third-order valence-corrected chi connectivity index (χ3v) is 19.8. The Morgan fingerprint density at radius 3 is 1.43 bits per heavy atom. The van der Waals surface area contributed by atoms with Crippen molar-refractivity contribution in [1.82, 2.24) is 0 Å². The maximum absolute atomic E-state index is 6.65. The minimum absolute atomic E-state index is 0.300. The van der Waals surface area contributed by atoms with Crippen LogP contribution in [0.1, 0.15) is 27.7 Å². The zero-order valence-electron chi connectivity index (χ0n) is 14.4. The van der Waals surface area contributed by atoms with Crippen LogP contribution in [0.15, 0.2) is 24.6 Å². The van der Waals surface area contributed by atoms with Crippen LogP contribution in [0, 0.1) is 0 Å². The first kappa shape index (κ1) is 19.2. The van der Waals surface area contributed by atoms with Crippen LogP contribution in [0.2, 0.25) is 30.7 Å². The van der Waals surface area contributed by atoms with Crippen LogP contribution in [0.5, 0.6) is 0 Å². The van der Waals surface area contributed by atoms with Crippen molar-refractivity contribution in [3.63, 3.8) is 0 Å². The van der Waals surface area contributed by atoms with Crippen molar-refractivity contribution in [2.24, 2.45) is 0 Å². The van der Waals surface area contributed by atoms with E-state index in [0.717, 1.165) is 0 Å². The summed E-state index contributed by atoms with van der Waals surface area (Å²) in [4.78, 5) is 0. The maximum Gasteiger partial charge on any atom is 0.362 e. The lowest BCUT2D eigenvalue weighted by atomic mass is 10.5. The Morgan fingerprint density at radius 1 is 0.857 bits per heavy atom. The Balaban J connectivity index is 3.35. The van der Waals surface area contributed by atoms with Gasteiger partial charge in [-0.1, -0.05) is 39.1 Å². The van der Waals surface area contributed by atoms with E-state index in [1.54, 1.807) is 0 Å². The maximum atomic E-state index is 6.65. The largest absolute Gasteiger partial charge is 0.412 e. The molecule has 121 valence electrons. The number of hydrogen-bond donors (Lipinski definition) is 0. The van der Waals surface area contributed by atoms with Gasteiger partial charge in [0.05, 0.1) is 0 Å². The molecule has 21 heavy (non-hydrogen) atoms. The summed E-state index contributed by atoms with van der Waals surface area (Å²) in [5.41, 5.74) is 4.29. The standard InChI is InChI=1S/C13H29O4Si4/c1-10-19(8)14-18(7)15-20(9,11-2)17-21(16-19,12(3)4)13(5)6/h10-13H,1-2H2,3-9H3. The van der Waals surface area contributed by atoms with E-state index in [0.29, 0.717) is 11.1 Å². The van der Waals surface area contributed by atoms with Crippen molar-refractivity contribution in [3.05, 3.63) is 24.6 Å². The van der Waals surface area contributed by atoms with Crippen molar-refractivity contribution < 1.29 is 16.5 Å². The molecule has 2 unspecified atom stereocenters. The van der Waals surface area contributed by atoms with Crippen LogP contribution in [-0.2, 0) is 16.5 Å². The molecule has 0 aromatic heterocycles. The molecular weight excluding hydrogens is 332 g/mol. The molecule has 0 aliphatic carbocycles. The van der Waals surface area contributed by atoms with Crippen molar-refractivity contribution in [2.45, 2.75) is 58.4 Å². The van der Waals surface area contributed by atoms with Crippen molar-refractivity contribution in [2.75, 3.05) is 0 Å². The summed E-state index contributed by atoms with van der Waals surface area (Å²) < 4.78 is 25.7. The molecule has 0 aromatic rings. The second-order valence-corrected chi connectivity index (χ2v) is 19.3. The molecule has 0 saturated carbocycles. The first-order valence-electron chi connectivity index (χ1n) is 7.41. The molecule has 0 spiro atoms. The minimum Gasteiger partial charge on any atom is -0.412 e. The highest BCUT2D eigenvalue weighted by atomic mass is 28.5. The summed E-state index contributed by atoms with van der Waals surface area (Å²) in [5, 5.41) is 0. The average molecular weight is 362 g/mol. The molecule has 1 saturated heterocycles. The molecule has 0 bridgehead atoms. The second kappa shape index (κ2) is 6.75. The molecule has 1 aliphatic rings. The fraction of sp³-hybridized carbons (Fsp3) is 0.692. The Labute approximate surface area is 134 Å². The van der Waals surface area contributed by atoms with Gasteiger partial charge in [-0.3, -0.25) is 0 Å². The van der Waals surface area contributed by atoms with Gasteiger partial charge in [0.2, 0.25) is 0 Å². The Hall–Kier alpha value is 0.188. The van der Waals surface area contributed by atoms with E-state index in [4.69, 9.17) is 16.5 Å². The highest BCUT2D eigenvalue weighted by Gasteiger charge is 2.56. The van der Waals surface area contributed by atoms with E-state index in [9.17, 15) is 0 Å². The predicted octanol–water partition coefficient (Wildman–Crippen LogP) is 4.04. The zero-order chi connectivity index (χ0) is 16.5. The first-order valence-corrected chi connectivity index (χ1v) is 16.0. The molecule has 8 heteroatoms. The predicted molar refractivity (Wildman–Crippen MR) is 95.5 cm³/mol. The fourth-order valence-corrected chi connectivity index (χ4v) is 20.8. The first-order chi connectivity index (χ1) is 9.52. The molecule has 0 N–H and O–H groups in total. The van der Waals surface area contributed by atoms with Crippen LogP contribution >= 0.6 is 0 Å². The van der Waals surface area contributed by atoms with Gasteiger partial charge in [0, 0.05) is 0 Å². The lowest BCUT2D eigenvalue weighted by Crippen LogP contribution is -2.66. The van der Waals surface area contributed by atoms with Gasteiger partial charge in [0.25, 0.3) is 0 Å². The van der Waals surface area contributed by atoms with Gasteiger partial charge in [-0.05, 0) is 30.7 Å². The van der Waals surface area contributed by atoms with Gasteiger partial charge in [0.15, 0.2) is 0 Å². The van der Waals surface area contributed by atoms with Gasteiger partial charge < -0.3 is 16.5 Å². The molecule has 1 radical (unpaired) electrons. The quantitative estimate of drug-likeness (QED) is 0.708. The van der Waals surface area contributed by atoms with Crippen LogP contribution in [-0.4, -0.2) is 35.0 Å². The van der Waals surface area contributed by atoms with Gasteiger partial charge in [-0.25, -0.2) is 0 Å². The van der Waals surface area contributed by atoms with E-state index in [1.807, 2.05) is 31.0 Å². The summed E-state index contributed by atoms with van der Waals surface area (Å²) in [7, 11) is -8.92. The molecule has 4 nitrogen and oxygen atoms in total. The van der Waals surface area contributed by atoms with Gasteiger partial charge >= 0.3 is 35.0 Å². The zero-order valence-corrected chi connectivity index (χ0v) is 18.4. The van der Waals surface area contributed by atoms with E-state index in [1.165, 1.54) is 0 Å². The Bertz CT molecular complexity index is 368. The summed E-state index contributed by atoms with van der Waals surface area (Å²) in [6.45, 7) is 22.6. The summed E-state index contributed by atoms with van der Waals surface area (Å²) in [6.07, 6.45) is 0. The van der Waals surface area contributed by atoms with Crippen LogP contribution in [0.25, 0.3) is 0 Å². The molecular formula is C13H29O4Si4. The van der Waals surface area contributed by atoms with Crippen molar-refractivity contribution in [3.8, 4) is 0 Å². The molecule has 1 rings (SSSR count). The highest BCUT2D eigenvalue weighted by molar-refractivity contribution is 6.94. The normalized spacial score (nSPS) is 34.5. The highest BCUT2D eigenvalue weighted by Crippen LogP contribution is 2.41. The van der Waals surface area contributed by atoms with Crippen LogP contribution < -0.4 is 0 Å². The summed E-state index contributed by atoms with van der Waals surface area (Å²) >= 11 is 0. The monoisotopic (exact) mass is 361 g/mol. The van der Waals surface area contributed by atoms with Crippen molar-refractivity contribution >= 4 is 35.0 Å². The second-order valence-electron chi connectivity index (χ2n) is 6.37. The Morgan fingerprint density at radius 2 is 1.19 bits per heavy atom.